The molecule has 0 saturated heterocycles. The molecule has 0 aliphatic heterocycles. The predicted octanol–water partition coefficient (Wildman–Crippen LogP) is 2.93. The molecule has 0 spiro atoms. The van der Waals surface area contributed by atoms with E-state index in [-0.39, 0.29) is 30.1 Å². The number of thioether (sulfide) groups is 1. The number of amides is 1. The summed E-state index contributed by atoms with van der Waals surface area (Å²) in [6, 6.07) is 7.43. The third kappa shape index (κ3) is 4.11. The molecule has 1 aromatic heterocycles. The van der Waals surface area contributed by atoms with Gasteiger partial charge in [0, 0.05) is 24.0 Å². The molecule has 2 N–H and O–H groups in total. The zero-order valence-electron chi connectivity index (χ0n) is 12.2. The lowest BCUT2D eigenvalue weighted by molar-refractivity contribution is 0.0908. The Morgan fingerprint density at radius 2 is 2.09 bits per heavy atom. The summed E-state index contributed by atoms with van der Waals surface area (Å²) in [6.45, 7) is 0.00841. The molecule has 22 heavy (non-hydrogen) atoms. The second-order valence-corrected chi connectivity index (χ2v) is 5.72. The van der Waals surface area contributed by atoms with Gasteiger partial charge < -0.3 is 14.8 Å². The number of furan rings is 1. The van der Waals surface area contributed by atoms with E-state index in [1.54, 1.807) is 30.0 Å². The lowest BCUT2D eigenvalue weighted by Crippen LogP contribution is -2.37. The Labute approximate surface area is 132 Å². The molecule has 0 radical (unpaired) electrons. The zero-order valence-corrected chi connectivity index (χ0v) is 13.0. The first-order valence-electron chi connectivity index (χ1n) is 6.89. The number of hydrogen-bond donors (Lipinski definition) is 2. The van der Waals surface area contributed by atoms with E-state index in [0.717, 1.165) is 0 Å². The summed E-state index contributed by atoms with van der Waals surface area (Å²) in [6.07, 6.45) is 3.86. The number of aliphatic hydroxyl groups excluding tert-OH is 1. The van der Waals surface area contributed by atoms with E-state index < -0.39 is 0 Å². The van der Waals surface area contributed by atoms with Crippen LogP contribution in [0.3, 0.4) is 0 Å². The highest BCUT2D eigenvalue weighted by Crippen LogP contribution is 2.25. The van der Waals surface area contributed by atoms with Crippen LogP contribution in [0.5, 0.6) is 0 Å². The summed E-state index contributed by atoms with van der Waals surface area (Å²) in [5.74, 6) is 0.229. The zero-order chi connectivity index (χ0) is 15.9. The Bertz CT molecular complexity index is 606. The number of nitrogens with one attached hydrogen (secondary N) is 1. The Morgan fingerprint density at radius 3 is 2.73 bits per heavy atom. The largest absolute Gasteiger partial charge is 0.459 e. The molecular formula is C16H18FNO3S. The minimum absolute atomic E-state index is 0.00841. The molecule has 0 aliphatic rings. The monoisotopic (exact) mass is 323 g/mol. The van der Waals surface area contributed by atoms with Gasteiger partial charge in [0.1, 0.15) is 5.82 Å². The van der Waals surface area contributed by atoms with Gasteiger partial charge in [0.15, 0.2) is 5.76 Å². The van der Waals surface area contributed by atoms with Crippen LogP contribution in [0.1, 0.15) is 17.0 Å². The average Bonchev–Trinajstić information content (AvgIpc) is 2.98. The quantitative estimate of drug-likeness (QED) is 0.822. The first-order chi connectivity index (χ1) is 10.7. The number of halogens is 1. The van der Waals surface area contributed by atoms with E-state index in [1.165, 1.54) is 18.4 Å². The van der Waals surface area contributed by atoms with Gasteiger partial charge in [0.25, 0.3) is 5.91 Å². The summed E-state index contributed by atoms with van der Waals surface area (Å²) in [5, 5.41) is 11.9. The molecule has 0 bridgehead atoms. The van der Waals surface area contributed by atoms with Crippen molar-refractivity contribution in [3.8, 4) is 11.1 Å². The molecule has 2 aromatic rings. The van der Waals surface area contributed by atoms with E-state index in [1.807, 2.05) is 6.26 Å². The minimum atomic E-state index is -0.336. The fourth-order valence-electron chi connectivity index (χ4n) is 2.15. The van der Waals surface area contributed by atoms with Gasteiger partial charge in [-0.3, -0.25) is 4.79 Å². The summed E-state index contributed by atoms with van der Waals surface area (Å²) < 4.78 is 18.3. The maximum absolute atomic E-state index is 13.0. The van der Waals surface area contributed by atoms with Gasteiger partial charge >= 0.3 is 0 Å². The number of carbonyl (C=O) groups excluding carboxylic acids is 1. The van der Waals surface area contributed by atoms with Crippen LogP contribution in [0, 0.1) is 5.82 Å². The van der Waals surface area contributed by atoms with Gasteiger partial charge in [-0.2, -0.15) is 11.8 Å². The van der Waals surface area contributed by atoms with Crippen LogP contribution in [0.2, 0.25) is 0 Å². The first kappa shape index (κ1) is 16.6. The summed E-state index contributed by atoms with van der Waals surface area (Å²) >= 11 is 1.59. The van der Waals surface area contributed by atoms with Gasteiger partial charge in [-0.05, 0) is 36.4 Å². The standard InChI is InChI=1S/C16H18FNO3S/c1-22-10-13(6-8-19)18-16(20)15-14(7-9-21-15)11-2-4-12(17)5-3-11/h2-5,7,9,13,19H,6,8,10H2,1H3,(H,18,20). The molecule has 1 unspecified atom stereocenters. The molecule has 1 heterocycles. The van der Waals surface area contributed by atoms with E-state index in [2.05, 4.69) is 5.32 Å². The molecule has 0 saturated carbocycles. The fourth-order valence-corrected chi connectivity index (χ4v) is 2.80. The smallest absolute Gasteiger partial charge is 0.287 e. The van der Waals surface area contributed by atoms with Crippen molar-refractivity contribution in [3.63, 3.8) is 0 Å². The first-order valence-corrected chi connectivity index (χ1v) is 8.29. The topological polar surface area (TPSA) is 62.5 Å². The molecule has 6 heteroatoms. The second kappa shape index (κ2) is 8.00. The molecule has 118 valence electrons. The van der Waals surface area contributed by atoms with E-state index in [0.29, 0.717) is 23.3 Å². The highest BCUT2D eigenvalue weighted by atomic mass is 32.2. The van der Waals surface area contributed by atoms with Crippen molar-refractivity contribution >= 4 is 17.7 Å². The van der Waals surface area contributed by atoms with Gasteiger partial charge in [-0.25, -0.2) is 4.39 Å². The number of aliphatic hydroxyl groups is 1. The molecule has 2 rings (SSSR count). The summed E-state index contributed by atoms with van der Waals surface area (Å²) in [7, 11) is 0. The number of hydrogen-bond acceptors (Lipinski definition) is 4. The van der Waals surface area contributed by atoms with Crippen molar-refractivity contribution in [1.29, 1.82) is 0 Å². The molecule has 1 atom stereocenters. The van der Waals surface area contributed by atoms with Crippen LogP contribution in [0.25, 0.3) is 11.1 Å². The third-order valence-electron chi connectivity index (χ3n) is 3.21. The van der Waals surface area contributed by atoms with Gasteiger partial charge in [-0.1, -0.05) is 12.1 Å². The Balaban J connectivity index is 2.17. The second-order valence-electron chi connectivity index (χ2n) is 4.81. The fraction of sp³-hybridized carbons (Fsp3) is 0.312. The molecule has 0 fully saturated rings. The average molecular weight is 323 g/mol. The number of benzene rings is 1. The number of rotatable bonds is 7. The maximum Gasteiger partial charge on any atom is 0.287 e. The van der Waals surface area contributed by atoms with Crippen LogP contribution in [-0.4, -0.2) is 35.7 Å². The predicted molar refractivity (Wildman–Crippen MR) is 85.4 cm³/mol. The number of carbonyl (C=O) groups is 1. The normalized spacial score (nSPS) is 12.1. The lowest BCUT2D eigenvalue weighted by Gasteiger charge is -2.16. The molecular weight excluding hydrogens is 305 g/mol. The molecule has 1 aromatic carbocycles. The van der Waals surface area contributed by atoms with Crippen molar-refractivity contribution in [2.45, 2.75) is 12.5 Å². The van der Waals surface area contributed by atoms with Gasteiger partial charge in [0.2, 0.25) is 0 Å². The van der Waals surface area contributed by atoms with E-state index >= 15 is 0 Å². The summed E-state index contributed by atoms with van der Waals surface area (Å²) in [4.78, 5) is 12.4. The van der Waals surface area contributed by atoms with Crippen LogP contribution >= 0.6 is 11.8 Å². The highest BCUT2D eigenvalue weighted by molar-refractivity contribution is 7.98. The van der Waals surface area contributed by atoms with E-state index in [4.69, 9.17) is 9.52 Å². The Kier molecular flexibility index (Phi) is 6.03. The van der Waals surface area contributed by atoms with E-state index in [9.17, 15) is 9.18 Å². The SMILES string of the molecule is CSCC(CCO)NC(=O)c1occc1-c1ccc(F)cc1. The van der Waals surface area contributed by atoms with Crippen molar-refractivity contribution in [2.24, 2.45) is 0 Å². The Morgan fingerprint density at radius 1 is 1.36 bits per heavy atom. The molecule has 0 aliphatic carbocycles. The summed E-state index contributed by atoms with van der Waals surface area (Å²) in [5.41, 5.74) is 1.33. The Hall–Kier alpha value is -1.79. The maximum atomic E-state index is 13.0. The van der Waals surface area contributed by atoms with Crippen molar-refractivity contribution in [1.82, 2.24) is 5.32 Å². The minimum Gasteiger partial charge on any atom is -0.459 e. The van der Waals surface area contributed by atoms with Gasteiger partial charge in [0.05, 0.1) is 6.26 Å². The van der Waals surface area contributed by atoms with Crippen LogP contribution in [-0.2, 0) is 0 Å². The van der Waals surface area contributed by atoms with Crippen molar-refractivity contribution < 1.29 is 18.7 Å². The lowest BCUT2D eigenvalue weighted by atomic mass is 10.1. The third-order valence-corrected chi connectivity index (χ3v) is 3.94. The molecule has 4 nitrogen and oxygen atoms in total. The van der Waals surface area contributed by atoms with Crippen LogP contribution < -0.4 is 5.32 Å². The van der Waals surface area contributed by atoms with Crippen molar-refractivity contribution in [2.75, 3.05) is 18.6 Å². The van der Waals surface area contributed by atoms with Crippen LogP contribution in [0.15, 0.2) is 41.0 Å². The molecule has 1 amide bonds. The van der Waals surface area contributed by atoms with Crippen molar-refractivity contribution in [3.05, 3.63) is 48.2 Å². The highest BCUT2D eigenvalue weighted by Gasteiger charge is 2.20. The van der Waals surface area contributed by atoms with Gasteiger partial charge in [-0.15, -0.1) is 0 Å². The van der Waals surface area contributed by atoms with Crippen LogP contribution in [0.4, 0.5) is 4.39 Å².